The molecule has 0 aliphatic carbocycles. The number of hydrogen-bond acceptors (Lipinski definition) is 1. The molecule has 0 aromatic carbocycles. The summed E-state index contributed by atoms with van der Waals surface area (Å²) in [6.45, 7) is 21.2. The minimum absolute atomic E-state index is 0.120. The van der Waals surface area contributed by atoms with Gasteiger partial charge in [-0.15, -0.1) is 13.2 Å². The Hall–Kier alpha value is 0.127. The van der Waals surface area contributed by atoms with E-state index in [9.17, 15) is 0 Å². The Bertz CT molecular complexity index is 345. The van der Waals surface area contributed by atoms with Crippen LogP contribution in [0.4, 0.5) is 0 Å². The van der Waals surface area contributed by atoms with E-state index in [4.69, 9.17) is 4.74 Å². The third kappa shape index (κ3) is 7.47. The summed E-state index contributed by atoms with van der Waals surface area (Å²) >= 11 is 2.52. The monoisotopic (exact) mass is 392 g/mol. The molecule has 3 heteroatoms. The Morgan fingerprint density at radius 2 is 1.74 bits per heavy atom. The van der Waals surface area contributed by atoms with Crippen molar-refractivity contribution < 1.29 is 4.74 Å². The van der Waals surface area contributed by atoms with Crippen LogP contribution in [0.2, 0.25) is 19.6 Å². The first-order valence-corrected chi connectivity index (χ1v) is 11.4. The molecule has 0 amide bonds. The van der Waals surface area contributed by atoms with Crippen molar-refractivity contribution in [3.8, 4) is 0 Å². The second-order valence-corrected chi connectivity index (χ2v) is 13.9. The molecule has 0 N–H and O–H groups in total. The van der Waals surface area contributed by atoms with Gasteiger partial charge in [0, 0.05) is 0 Å². The SMILES string of the molecule is C=CC/C(=C(/I)[Si](C)(C)C)C(CC=C)OC(C)(C)C. The van der Waals surface area contributed by atoms with Crippen molar-refractivity contribution in [3.05, 3.63) is 34.1 Å². The predicted molar refractivity (Wildman–Crippen MR) is 98.6 cm³/mol. The molecule has 0 heterocycles. The first-order chi connectivity index (χ1) is 8.53. The maximum absolute atomic E-state index is 6.25. The molecular weight excluding hydrogens is 363 g/mol. The van der Waals surface area contributed by atoms with E-state index in [1.807, 2.05) is 12.2 Å². The molecule has 1 atom stereocenters. The van der Waals surface area contributed by atoms with E-state index in [0.29, 0.717) is 0 Å². The quantitative estimate of drug-likeness (QED) is 0.298. The highest BCUT2D eigenvalue weighted by molar-refractivity contribution is 14.1. The maximum atomic E-state index is 6.25. The minimum Gasteiger partial charge on any atom is -0.368 e. The van der Waals surface area contributed by atoms with Crippen LogP contribution in [0.1, 0.15) is 33.6 Å². The molecule has 0 saturated heterocycles. The summed E-state index contributed by atoms with van der Waals surface area (Å²) in [6, 6.07) is 0. The fraction of sp³-hybridized carbons (Fsp3) is 0.625. The summed E-state index contributed by atoms with van der Waals surface area (Å²) < 4.78 is 7.75. The van der Waals surface area contributed by atoms with Crippen LogP contribution in [0, 0.1) is 0 Å². The molecule has 19 heavy (non-hydrogen) atoms. The van der Waals surface area contributed by atoms with Gasteiger partial charge >= 0.3 is 0 Å². The Morgan fingerprint density at radius 1 is 1.21 bits per heavy atom. The van der Waals surface area contributed by atoms with Gasteiger partial charge in [0.05, 0.1) is 19.8 Å². The average Bonchev–Trinajstić information content (AvgIpc) is 2.21. The summed E-state index contributed by atoms with van der Waals surface area (Å²) in [5, 5.41) is 0. The van der Waals surface area contributed by atoms with Gasteiger partial charge in [-0.05, 0) is 42.4 Å². The topological polar surface area (TPSA) is 9.23 Å². The van der Waals surface area contributed by atoms with E-state index in [1.54, 1.807) is 0 Å². The smallest absolute Gasteiger partial charge is 0.0855 e. The summed E-state index contributed by atoms with van der Waals surface area (Å²) in [4.78, 5) is 0. The zero-order valence-electron chi connectivity index (χ0n) is 13.3. The third-order valence-electron chi connectivity index (χ3n) is 2.57. The fourth-order valence-electron chi connectivity index (χ4n) is 1.84. The first-order valence-electron chi connectivity index (χ1n) is 6.81. The van der Waals surface area contributed by atoms with E-state index in [2.05, 4.69) is 76.2 Å². The normalized spacial score (nSPS) is 15.7. The zero-order valence-corrected chi connectivity index (χ0v) is 16.5. The average molecular weight is 392 g/mol. The molecule has 0 aromatic rings. The van der Waals surface area contributed by atoms with E-state index in [0.717, 1.165) is 12.8 Å². The van der Waals surface area contributed by atoms with Crippen LogP contribution in [0.3, 0.4) is 0 Å². The van der Waals surface area contributed by atoms with E-state index >= 15 is 0 Å². The zero-order chi connectivity index (χ0) is 15.3. The lowest BCUT2D eigenvalue weighted by Crippen LogP contribution is -2.32. The molecular formula is C16H29IOSi. The maximum Gasteiger partial charge on any atom is 0.0855 e. The molecule has 0 saturated carbocycles. The molecule has 1 nitrogen and oxygen atoms in total. The van der Waals surface area contributed by atoms with Crippen LogP contribution < -0.4 is 0 Å². The first kappa shape index (κ1) is 19.1. The summed E-state index contributed by atoms with van der Waals surface area (Å²) in [5.41, 5.74) is 1.25. The van der Waals surface area contributed by atoms with Crippen LogP contribution in [0.5, 0.6) is 0 Å². The van der Waals surface area contributed by atoms with E-state index in [-0.39, 0.29) is 11.7 Å². The van der Waals surface area contributed by atoms with Crippen molar-refractivity contribution in [1.29, 1.82) is 0 Å². The Balaban J connectivity index is 5.52. The lowest BCUT2D eigenvalue weighted by molar-refractivity contribution is -0.0420. The van der Waals surface area contributed by atoms with E-state index in [1.165, 1.54) is 8.78 Å². The van der Waals surface area contributed by atoms with Crippen molar-refractivity contribution in [1.82, 2.24) is 0 Å². The van der Waals surface area contributed by atoms with Gasteiger partial charge < -0.3 is 4.74 Å². The number of halogens is 1. The van der Waals surface area contributed by atoms with Gasteiger partial charge in [0.15, 0.2) is 0 Å². The van der Waals surface area contributed by atoms with Crippen molar-refractivity contribution in [2.75, 3.05) is 0 Å². The number of hydrogen-bond donors (Lipinski definition) is 0. The van der Waals surface area contributed by atoms with Gasteiger partial charge in [-0.2, -0.15) is 0 Å². The standard InChI is InChI=1S/C16H29IOSi/c1-9-11-13(15(17)19(6,7)8)14(12-10-2)18-16(3,4)5/h9-10,14H,1-2,11-12H2,3-8H3/b15-13+. The molecule has 0 radical (unpaired) electrons. The summed E-state index contributed by atoms with van der Waals surface area (Å²) in [6.07, 6.45) is 5.81. The second kappa shape index (κ2) is 7.79. The van der Waals surface area contributed by atoms with Gasteiger partial charge in [-0.3, -0.25) is 0 Å². The van der Waals surface area contributed by atoms with Gasteiger partial charge in [0.2, 0.25) is 0 Å². The molecule has 0 bridgehead atoms. The minimum atomic E-state index is -1.32. The highest BCUT2D eigenvalue weighted by Crippen LogP contribution is 2.32. The highest BCUT2D eigenvalue weighted by Gasteiger charge is 2.27. The molecule has 0 aromatic heterocycles. The summed E-state index contributed by atoms with van der Waals surface area (Å²) in [5.74, 6) is 0. The van der Waals surface area contributed by atoms with Crippen molar-refractivity contribution in [3.63, 3.8) is 0 Å². The summed E-state index contributed by atoms with van der Waals surface area (Å²) in [7, 11) is -1.32. The third-order valence-corrected chi connectivity index (χ3v) is 9.76. The van der Waals surface area contributed by atoms with Gasteiger partial charge in [-0.1, -0.05) is 54.4 Å². The van der Waals surface area contributed by atoms with E-state index < -0.39 is 8.07 Å². The lowest BCUT2D eigenvalue weighted by Gasteiger charge is -2.31. The number of allylic oxidation sites excluding steroid dienone is 1. The van der Waals surface area contributed by atoms with Gasteiger partial charge in [-0.25, -0.2) is 0 Å². The predicted octanol–water partition coefficient (Wildman–Crippen LogP) is 5.89. The molecule has 0 aliphatic rings. The van der Waals surface area contributed by atoms with Crippen molar-refractivity contribution in [2.24, 2.45) is 0 Å². The van der Waals surface area contributed by atoms with Crippen LogP contribution in [-0.2, 0) is 4.74 Å². The van der Waals surface area contributed by atoms with Crippen molar-refractivity contribution in [2.45, 2.75) is 65.0 Å². The van der Waals surface area contributed by atoms with Crippen LogP contribution in [0.25, 0.3) is 0 Å². The molecule has 110 valence electrons. The Morgan fingerprint density at radius 3 is 2.05 bits per heavy atom. The molecule has 0 rings (SSSR count). The van der Waals surface area contributed by atoms with Crippen LogP contribution >= 0.6 is 22.6 Å². The Labute approximate surface area is 134 Å². The molecule has 1 unspecified atom stereocenters. The Kier molecular flexibility index (Phi) is 7.84. The van der Waals surface area contributed by atoms with Gasteiger partial charge in [0.25, 0.3) is 0 Å². The lowest BCUT2D eigenvalue weighted by atomic mass is 10.0. The van der Waals surface area contributed by atoms with Crippen LogP contribution in [0.15, 0.2) is 34.1 Å². The fourth-order valence-corrected chi connectivity index (χ4v) is 3.63. The molecule has 0 aliphatic heterocycles. The highest BCUT2D eigenvalue weighted by atomic mass is 127. The van der Waals surface area contributed by atoms with Crippen LogP contribution in [-0.4, -0.2) is 19.8 Å². The largest absolute Gasteiger partial charge is 0.368 e. The number of rotatable bonds is 7. The number of ether oxygens (including phenoxy) is 1. The van der Waals surface area contributed by atoms with Crippen molar-refractivity contribution >= 4 is 30.7 Å². The molecule has 0 spiro atoms. The molecule has 0 fully saturated rings. The second-order valence-electron chi connectivity index (χ2n) is 6.83. The van der Waals surface area contributed by atoms with Gasteiger partial charge in [0.1, 0.15) is 0 Å².